The Morgan fingerprint density at radius 1 is 1.36 bits per heavy atom. The zero-order valence-corrected chi connectivity index (χ0v) is 13.6. The Balaban J connectivity index is 1.78. The summed E-state index contributed by atoms with van der Waals surface area (Å²) in [5.74, 6) is 0.863. The van der Waals surface area contributed by atoms with Crippen molar-refractivity contribution in [3.05, 3.63) is 46.9 Å². The molecule has 3 rings (SSSR count). The Hall–Kier alpha value is -2.01. The summed E-state index contributed by atoms with van der Waals surface area (Å²) >= 11 is 6.14. The number of hydrogen-bond acceptors (Lipinski definition) is 4. The molecule has 0 bridgehead atoms. The van der Waals surface area contributed by atoms with Gasteiger partial charge in [-0.15, -0.1) is 0 Å². The number of likely N-dealkylation sites (N-methyl/N-ethyl adjacent to an activating group) is 1. The van der Waals surface area contributed by atoms with Gasteiger partial charge in [-0.2, -0.15) is 9.61 Å². The van der Waals surface area contributed by atoms with Crippen LogP contribution in [-0.2, 0) is 6.42 Å². The first-order chi connectivity index (χ1) is 10.7. The summed E-state index contributed by atoms with van der Waals surface area (Å²) in [4.78, 5) is 6.63. The van der Waals surface area contributed by atoms with Gasteiger partial charge in [-0.1, -0.05) is 24.6 Å². The van der Waals surface area contributed by atoms with Crippen LogP contribution in [0.15, 0.2) is 36.2 Å². The molecule has 1 aliphatic rings. The van der Waals surface area contributed by atoms with Crippen molar-refractivity contribution >= 4 is 23.1 Å². The zero-order chi connectivity index (χ0) is 15.5. The van der Waals surface area contributed by atoms with E-state index in [1.54, 1.807) is 0 Å². The van der Waals surface area contributed by atoms with E-state index in [0.29, 0.717) is 5.15 Å². The maximum Gasteiger partial charge on any atom is 0.162 e. The minimum atomic E-state index is 0.482. The molecule has 0 aromatic carbocycles. The summed E-state index contributed by atoms with van der Waals surface area (Å²) in [6.45, 7) is 6.97. The maximum absolute atomic E-state index is 6.14. The average molecular weight is 318 g/mol. The molecule has 116 valence electrons. The fraction of sp³-hybridized carbons (Fsp3) is 0.375. The van der Waals surface area contributed by atoms with E-state index in [2.05, 4.69) is 52.5 Å². The minimum Gasteiger partial charge on any atom is -0.374 e. The highest BCUT2D eigenvalue weighted by Crippen LogP contribution is 2.20. The number of nitrogens with zero attached hydrogens (tertiary/aromatic N) is 4. The summed E-state index contributed by atoms with van der Waals surface area (Å²) in [6, 6.07) is 1.81. The van der Waals surface area contributed by atoms with Crippen molar-refractivity contribution in [3.63, 3.8) is 0 Å². The first kappa shape index (κ1) is 14.9. The molecule has 0 saturated heterocycles. The monoisotopic (exact) mass is 317 g/mol. The lowest BCUT2D eigenvalue weighted by Crippen LogP contribution is -2.20. The van der Waals surface area contributed by atoms with E-state index in [9.17, 15) is 0 Å². The van der Waals surface area contributed by atoms with Crippen molar-refractivity contribution in [1.82, 2.24) is 19.5 Å². The van der Waals surface area contributed by atoms with Crippen LogP contribution in [0.3, 0.4) is 0 Å². The third-order valence-electron chi connectivity index (χ3n) is 3.86. The molecule has 2 aromatic rings. The molecule has 0 unspecified atom stereocenters. The zero-order valence-electron chi connectivity index (χ0n) is 12.9. The van der Waals surface area contributed by atoms with Crippen molar-refractivity contribution < 1.29 is 0 Å². The predicted molar refractivity (Wildman–Crippen MR) is 90.3 cm³/mol. The second kappa shape index (κ2) is 6.40. The molecule has 6 heteroatoms. The normalized spacial score (nSPS) is 14.5. The number of aryl methyl sites for hydroxylation is 1. The van der Waals surface area contributed by atoms with Crippen LogP contribution in [0.2, 0.25) is 5.15 Å². The summed E-state index contributed by atoms with van der Waals surface area (Å²) < 4.78 is 1.82. The highest BCUT2D eigenvalue weighted by Gasteiger charge is 2.10. The molecule has 0 aliphatic carbocycles. The van der Waals surface area contributed by atoms with Gasteiger partial charge in [0.05, 0.1) is 6.20 Å². The van der Waals surface area contributed by atoms with E-state index >= 15 is 0 Å². The Morgan fingerprint density at radius 3 is 2.91 bits per heavy atom. The van der Waals surface area contributed by atoms with Gasteiger partial charge in [0.2, 0.25) is 0 Å². The molecule has 22 heavy (non-hydrogen) atoms. The average Bonchev–Trinajstić information content (AvgIpc) is 2.96. The molecule has 0 fully saturated rings. The molecule has 1 N–H and O–H groups in total. The van der Waals surface area contributed by atoms with Gasteiger partial charge < -0.3 is 10.2 Å². The van der Waals surface area contributed by atoms with Crippen LogP contribution in [0.5, 0.6) is 0 Å². The third-order valence-corrected chi connectivity index (χ3v) is 4.06. The van der Waals surface area contributed by atoms with Gasteiger partial charge in [0.15, 0.2) is 5.65 Å². The molecule has 5 nitrogen and oxygen atoms in total. The van der Waals surface area contributed by atoms with Crippen LogP contribution in [0.4, 0.5) is 5.82 Å². The number of aromatic nitrogens is 3. The largest absolute Gasteiger partial charge is 0.374 e. The van der Waals surface area contributed by atoms with Crippen molar-refractivity contribution in [2.45, 2.75) is 20.3 Å². The van der Waals surface area contributed by atoms with Gasteiger partial charge in [-0.25, -0.2) is 4.98 Å². The number of anilines is 1. The Bertz CT molecular complexity index is 731. The number of rotatable bonds is 5. The molecule has 2 aromatic heterocycles. The fourth-order valence-corrected chi connectivity index (χ4v) is 2.66. The number of nitrogens with one attached hydrogen (secondary N) is 1. The molecule has 0 amide bonds. The van der Waals surface area contributed by atoms with E-state index in [4.69, 9.17) is 11.6 Å². The van der Waals surface area contributed by atoms with Gasteiger partial charge >= 0.3 is 0 Å². The van der Waals surface area contributed by atoms with E-state index in [1.165, 1.54) is 5.57 Å². The van der Waals surface area contributed by atoms with E-state index < -0.39 is 0 Å². The van der Waals surface area contributed by atoms with Gasteiger partial charge in [0.25, 0.3) is 0 Å². The maximum atomic E-state index is 6.14. The topological polar surface area (TPSA) is 45.5 Å². The Labute approximate surface area is 135 Å². The molecule has 3 heterocycles. The lowest BCUT2D eigenvalue weighted by Gasteiger charge is -2.21. The molecule has 0 atom stereocenters. The smallest absolute Gasteiger partial charge is 0.162 e. The predicted octanol–water partition coefficient (Wildman–Crippen LogP) is 3.13. The SMILES string of the molecule is CCc1cnn2c(NCC3=CCN(CC)C=C3)cc(Cl)nc12. The van der Waals surface area contributed by atoms with Crippen molar-refractivity contribution in [2.75, 3.05) is 25.0 Å². The van der Waals surface area contributed by atoms with Crippen LogP contribution in [0.1, 0.15) is 19.4 Å². The quantitative estimate of drug-likeness (QED) is 0.861. The van der Waals surface area contributed by atoms with Gasteiger partial charge in [0, 0.05) is 31.3 Å². The summed E-state index contributed by atoms with van der Waals surface area (Å²) in [5, 5.41) is 8.30. The minimum absolute atomic E-state index is 0.482. The molecule has 0 saturated carbocycles. The lowest BCUT2D eigenvalue weighted by molar-refractivity contribution is 0.433. The molecular formula is C16H20ClN5. The molecule has 0 radical (unpaired) electrons. The molecule has 1 aliphatic heterocycles. The summed E-state index contributed by atoms with van der Waals surface area (Å²) in [7, 11) is 0. The summed E-state index contributed by atoms with van der Waals surface area (Å²) in [5.41, 5.74) is 3.18. The Morgan fingerprint density at radius 2 is 2.23 bits per heavy atom. The van der Waals surface area contributed by atoms with Crippen LogP contribution in [0.25, 0.3) is 5.65 Å². The Kier molecular flexibility index (Phi) is 4.34. The van der Waals surface area contributed by atoms with Crippen molar-refractivity contribution in [1.29, 1.82) is 0 Å². The second-order valence-corrected chi connectivity index (χ2v) is 5.65. The number of fused-ring (bicyclic) bond motifs is 1. The number of halogens is 1. The van der Waals surface area contributed by atoms with Crippen LogP contribution >= 0.6 is 11.6 Å². The highest BCUT2D eigenvalue weighted by atomic mass is 35.5. The number of hydrogen-bond donors (Lipinski definition) is 1. The first-order valence-corrected chi connectivity index (χ1v) is 7.97. The summed E-state index contributed by atoms with van der Waals surface area (Å²) in [6.07, 6.45) is 9.24. The van der Waals surface area contributed by atoms with Crippen molar-refractivity contribution in [3.8, 4) is 0 Å². The third kappa shape index (κ3) is 2.95. The van der Waals surface area contributed by atoms with E-state index in [1.807, 2.05) is 16.8 Å². The van der Waals surface area contributed by atoms with Crippen LogP contribution < -0.4 is 5.32 Å². The highest BCUT2D eigenvalue weighted by molar-refractivity contribution is 6.29. The fourth-order valence-electron chi connectivity index (χ4n) is 2.48. The van der Waals surface area contributed by atoms with Crippen LogP contribution in [0, 0.1) is 0 Å². The van der Waals surface area contributed by atoms with E-state index in [0.717, 1.165) is 43.1 Å². The molecular weight excluding hydrogens is 298 g/mol. The van der Waals surface area contributed by atoms with Gasteiger partial charge in [-0.05, 0) is 31.2 Å². The van der Waals surface area contributed by atoms with Gasteiger partial charge in [0.1, 0.15) is 11.0 Å². The van der Waals surface area contributed by atoms with Crippen LogP contribution in [-0.4, -0.2) is 39.1 Å². The first-order valence-electron chi connectivity index (χ1n) is 7.59. The van der Waals surface area contributed by atoms with Crippen molar-refractivity contribution in [2.24, 2.45) is 0 Å². The standard InChI is InChI=1S/C16H20ClN5/c1-3-13-11-19-22-15(9-14(17)20-16(13)22)18-10-12-5-7-21(4-2)8-6-12/h5-7,9,11,18H,3-4,8,10H2,1-2H3. The molecule has 0 spiro atoms. The lowest BCUT2D eigenvalue weighted by atomic mass is 10.2. The van der Waals surface area contributed by atoms with Gasteiger partial charge in [-0.3, -0.25) is 0 Å². The second-order valence-electron chi connectivity index (χ2n) is 5.26. The van der Waals surface area contributed by atoms with E-state index in [-0.39, 0.29) is 0 Å².